The number of ether oxygens (including phenoxy) is 2. The molecular formula is C23H28N2O4. The molecule has 2 aromatic rings. The molecule has 0 spiro atoms. The minimum atomic E-state index is -0.321. The normalized spacial score (nSPS) is 16.0. The number of nitrogens with one attached hydrogen (secondary N) is 1. The monoisotopic (exact) mass is 396 g/mol. The van der Waals surface area contributed by atoms with Crippen LogP contribution in [0.25, 0.3) is 0 Å². The van der Waals surface area contributed by atoms with E-state index in [0.717, 1.165) is 17.7 Å². The van der Waals surface area contributed by atoms with E-state index in [-0.39, 0.29) is 24.2 Å². The maximum Gasteiger partial charge on any atom is 0.227 e. The van der Waals surface area contributed by atoms with Crippen LogP contribution in [0.5, 0.6) is 11.5 Å². The Labute approximate surface area is 171 Å². The molecule has 3 rings (SSSR count). The molecule has 6 nitrogen and oxygen atoms in total. The molecule has 0 unspecified atom stereocenters. The van der Waals surface area contributed by atoms with Gasteiger partial charge in [0.1, 0.15) is 0 Å². The summed E-state index contributed by atoms with van der Waals surface area (Å²) >= 11 is 0. The van der Waals surface area contributed by atoms with Gasteiger partial charge in [-0.25, -0.2) is 0 Å². The lowest BCUT2D eigenvalue weighted by Gasteiger charge is -2.17. The molecule has 1 N–H and O–H groups in total. The second kappa shape index (κ2) is 9.45. The predicted octanol–water partition coefficient (Wildman–Crippen LogP) is 2.98. The van der Waals surface area contributed by atoms with Gasteiger partial charge in [0.2, 0.25) is 11.8 Å². The van der Waals surface area contributed by atoms with Crippen LogP contribution in [0.3, 0.4) is 0 Å². The lowest BCUT2D eigenvalue weighted by molar-refractivity contribution is -0.126. The molecule has 1 fully saturated rings. The largest absolute Gasteiger partial charge is 0.493 e. The highest BCUT2D eigenvalue weighted by atomic mass is 16.5. The summed E-state index contributed by atoms with van der Waals surface area (Å²) < 4.78 is 10.5. The van der Waals surface area contributed by atoms with E-state index in [0.29, 0.717) is 31.0 Å². The van der Waals surface area contributed by atoms with Crippen molar-refractivity contribution in [2.75, 3.05) is 32.2 Å². The van der Waals surface area contributed by atoms with Crippen LogP contribution in [0, 0.1) is 5.92 Å². The molecular weight excluding hydrogens is 368 g/mol. The summed E-state index contributed by atoms with van der Waals surface area (Å²) in [5.41, 5.74) is 3.13. The van der Waals surface area contributed by atoms with Crippen LogP contribution >= 0.6 is 0 Å². The molecule has 2 aromatic carbocycles. The molecule has 29 heavy (non-hydrogen) atoms. The Morgan fingerprint density at radius 2 is 1.76 bits per heavy atom. The lowest BCUT2D eigenvalue weighted by atomic mass is 10.1. The zero-order valence-electron chi connectivity index (χ0n) is 17.2. The van der Waals surface area contributed by atoms with E-state index in [4.69, 9.17) is 9.47 Å². The number of anilines is 1. The van der Waals surface area contributed by atoms with E-state index in [9.17, 15) is 9.59 Å². The van der Waals surface area contributed by atoms with Gasteiger partial charge in [0.15, 0.2) is 11.5 Å². The molecule has 1 heterocycles. The van der Waals surface area contributed by atoms with E-state index in [1.54, 1.807) is 19.1 Å². The molecule has 0 bridgehead atoms. The van der Waals surface area contributed by atoms with Gasteiger partial charge in [-0.1, -0.05) is 25.1 Å². The summed E-state index contributed by atoms with van der Waals surface area (Å²) in [6.45, 7) is 3.02. The summed E-state index contributed by atoms with van der Waals surface area (Å²) in [4.78, 5) is 26.6. The quantitative estimate of drug-likeness (QED) is 0.745. The Morgan fingerprint density at radius 3 is 2.41 bits per heavy atom. The van der Waals surface area contributed by atoms with Crippen LogP contribution in [0.2, 0.25) is 0 Å². The molecule has 1 saturated heterocycles. The van der Waals surface area contributed by atoms with E-state index in [2.05, 4.69) is 12.2 Å². The van der Waals surface area contributed by atoms with Crippen LogP contribution in [0.15, 0.2) is 42.5 Å². The Kier molecular flexibility index (Phi) is 6.75. The first-order valence-electron chi connectivity index (χ1n) is 9.93. The Hall–Kier alpha value is -3.02. The molecule has 0 saturated carbocycles. The van der Waals surface area contributed by atoms with Crippen molar-refractivity contribution < 1.29 is 19.1 Å². The number of rotatable bonds is 8. The molecule has 1 atom stereocenters. The summed E-state index contributed by atoms with van der Waals surface area (Å²) in [6, 6.07) is 13.7. The highest BCUT2D eigenvalue weighted by Gasteiger charge is 2.34. The van der Waals surface area contributed by atoms with Gasteiger partial charge in [-0.2, -0.15) is 0 Å². The molecule has 1 aliphatic heterocycles. The molecule has 0 radical (unpaired) electrons. The Morgan fingerprint density at radius 1 is 1.07 bits per heavy atom. The highest BCUT2D eigenvalue weighted by molar-refractivity contribution is 6.00. The smallest absolute Gasteiger partial charge is 0.227 e. The van der Waals surface area contributed by atoms with Crippen molar-refractivity contribution in [3.8, 4) is 11.5 Å². The van der Waals surface area contributed by atoms with E-state index in [1.807, 2.05) is 42.5 Å². The third-order valence-electron chi connectivity index (χ3n) is 5.31. The molecule has 1 aliphatic rings. The van der Waals surface area contributed by atoms with Crippen molar-refractivity contribution >= 4 is 17.5 Å². The lowest BCUT2D eigenvalue weighted by Crippen LogP contribution is -2.34. The van der Waals surface area contributed by atoms with Gasteiger partial charge >= 0.3 is 0 Å². The van der Waals surface area contributed by atoms with Gasteiger partial charge in [0, 0.05) is 25.2 Å². The van der Waals surface area contributed by atoms with Crippen molar-refractivity contribution in [3.05, 3.63) is 53.6 Å². The van der Waals surface area contributed by atoms with Gasteiger partial charge in [-0.15, -0.1) is 0 Å². The van der Waals surface area contributed by atoms with Gasteiger partial charge in [-0.05, 0) is 48.2 Å². The molecule has 154 valence electrons. The topological polar surface area (TPSA) is 67.9 Å². The van der Waals surface area contributed by atoms with Gasteiger partial charge in [0.05, 0.1) is 20.1 Å². The first-order valence-corrected chi connectivity index (χ1v) is 9.93. The van der Waals surface area contributed by atoms with Crippen molar-refractivity contribution in [1.82, 2.24) is 5.32 Å². The third kappa shape index (κ3) is 4.88. The Balaban J connectivity index is 1.53. The number of aryl methyl sites for hydroxylation is 1. The molecule has 0 aromatic heterocycles. The minimum Gasteiger partial charge on any atom is -0.493 e. The number of hydrogen-bond acceptors (Lipinski definition) is 4. The average Bonchev–Trinajstić information content (AvgIpc) is 3.15. The maximum atomic E-state index is 12.5. The number of amides is 2. The molecule has 2 amide bonds. The number of hydrogen-bond donors (Lipinski definition) is 1. The number of carbonyl (C=O) groups is 2. The summed E-state index contributed by atoms with van der Waals surface area (Å²) in [5.74, 6) is 0.943. The van der Waals surface area contributed by atoms with Crippen LogP contribution in [-0.2, 0) is 22.4 Å². The molecule has 6 heteroatoms. The minimum absolute atomic E-state index is 0.00529. The number of methoxy groups -OCH3 is 2. The fraction of sp³-hybridized carbons (Fsp3) is 0.391. The van der Waals surface area contributed by atoms with Crippen molar-refractivity contribution in [3.63, 3.8) is 0 Å². The van der Waals surface area contributed by atoms with Gasteiger partial charge in [0.25, 0.3) is 0 Å². The van der Waals surface area contributed by atoms with E-state index >= 15 is 0 Å². The van der Waals surface area contributed by atoms with E-state index in [1.165, 1.54) is 5.56 Å². The number of nitrogens with zero attached hydrogens (tertiary/aromatic N) is 1. The fourth-order valence-electron chi connectivity index (χ4n) is 3.55. The number of benzene rings is 2. The van der Waals surface area contributed by atoms with Crippen molar-refractivity contribution in [2.24, 2.45) is 5.92 Å². The van der Waals surface area contributed by atoms with Gasteiger partial charge < -0.3 is 19.7 Å². The predicted molar refractivity (Wildman–Crippen MR) is 113 cm³/mol. The van der Waals surface area contributed by atoms with Gasteiger partial charge in [-0.3, -0.25) is 9.59 Å². The second-order valence-corrected chi connectivity index (χ2v) is 7.16. The van der Waals surface area contributed by atoms with Crippen molar-refractivity contribution in [2.45, 2.75) is 26.2 Å². The maximum absolute atomic E-state index is 12.5. The second-order valence-electron chi connectivity index (χ2n) is 7.16. The zero-order valence-corrected chi connectivity index (χ0v) is 17.2. The summed E-state index contributed by atoms with van der Waals surface area (Å²) in [7, 11) is 3.20. The summed E-state index contributed by atoms with van der Waals surface area (Å²) in [6.07, 6.45) is 1.88. The van der Waals surface area contributed by atoms with Crippen LogP contribution < -0.4 is 19.7 Å². The first kappa shape index (κ1) is 20.7. The summed E-state index contributed by atoms with van der Waals surface area (Å²) in [5, 5.41) is 2.96. The standard InChI is InChI=1S/C23H28N2O4/c1-4-16-5-8-19(9-6-16)25-15-18(14-22(25)26)23(27)24-12-11-17-7-10-20(28-2)21(13-17)29-3/h5-10,13,18H,4,11-12,14-15H2,1-3H3,(H,24,27)/t18-/m0/s1. The van der Waals surface area contributed by atoms with Crippen LogP contribution in [-0.4, -0.2) is 39.1 Å². The van der Waals surface area contributed by atoms with Crippen LogP contribution in [0.1, 0.15) is 24.5 Å². The third-order valence-corrected chi connectivity index (χ3v) is 5.31. The average molecular weight is 396 g/mol. The fourth-order valence-corrected chi connectivity index (χ4v) is 3.55. The zero-order chi connectivity index (χ0) is 20.8. The number of carbonyl (C=O) groups excluding carboxylic acids is 2. The highest BCUT2D eigenvalue weighted by Crippen LogP contribution is 2.28. The Bertz CT molecular complexity index is 864. The first-order chi connectivity index (χ1) is 14.0. The SMILES string of the molecule is CCc1ccc(N2C[C@@H](C(=O)NCCc3ccc(OC)c(OC)c3)CC2=O)cc1. The van der Waals surface area contributed by atoms with Crippen molar-refractivity contribution in [1.29, 1.82) is 0 Å². The molecule has 0 aliphatic carbocycles. The van der Waals surface area contributed by atoms with Crippen LogP contribution in [0.4, 0.5) is 5.69 Å². The van der Waals surface area contributed by atoms with E-state index < -0.39 is 0 Å².